The van der Waals surface area contributed by atoms with Crippen LogP contribution in [-0.4, -0.2) is 14.8 Å². The minimum Gasteiger partial charge on any atom is -0.380 e. The summed E-state index contributed by atoms with van der Waals surface area (Å²) in [6.07, 6.45) is 3.45. The molecule has 3 aromatic rings. The van der Waals surface area contributed by atoms with Gasteiger partial charge < -0.3 is 9.88 Å². The maximum Gasteiger partial charge on any atom is 0.119 e. The lowest BCUT2D eigenvalue weighted by Gasteiger charge is -2.08. The molecule has 102 valence electrons. The Bertz CT molecular complexity index is 678. The topological polar surface area (TPSA) is 42.7 Å². The third-order valence-electron chi connectivity index (χ3n) is 2.90. The monoisotopic (exact) mass is 348 g/mol. The minimum atomic E-state index is 0.783. The van der Waals surface area contributed by atoms with Crippen molar-refractivity contribution in [3.05, 3.63) is 63.3 Å². The van der Waals surface area contributed by atoms with Crippen molar-refractivity contribution in [3.8, 4) is 0 Å². The lowest BCUT2D eigenvalue weighted by atomic mass is 10.2. The van der Waals surface area contributed by atoms with Crippen LogP contribution in [0.4, 0.5) is 5.69 Å². The molecule has 20 heavy (non-hydrogen) atoms. The normalized spacial score (nSPS) is 10.7. The first-order valence-corrected chi connectivity index (χ1v) is 7.85. The van der Waals surface area contributed by atoms with Crippen LogP contribution >= 0.6 is 27.3 Å². The molecule has 3 rings (SSSR count). The molecule has 6 heteroatoms. The van der Waals surface area contributed by atoms with E-state index in [1.807, 2.05) is 4.57 Å². The molecule has 0 saturated carbocycles. The van der Waals surface area contributed by atoms with Crippen molar-refractivity contribution in [2.24, 2.45) is 0 Å². The fourth-order valence-corrected chi connectivity index (χ4v) is 3.36. The first-order valence-electron chi connectivity index (χ1n) is 6.18. The summed E-state index contributed by atoms with van der Waals surface area (Å²) in [5.74, 6) is 0. The van der Waals surface area contributed by atoms with Gasteiger partial charge in [-0.15, -0.1) is 21.5 Å². The maximum absolute atomic E-state index is 3.81. The van der Waals surface area contributed by atoms with Gasteiger partial charge in [-0.05, 0) is 45.1 Å². The van der Waals surface area contributed by atoms with Gasteiger partial charge in [0.2, 0.25) is 0 Å². The Morgan fingerprint density at radius 1 is 1.20 bits per heavy atom. The van der Waals surface area contributed by atoms with E-state index in [0.29, 0.717) is 0 Å². The molecule has 0 radical (unpaired) electrons. The van der Waals surface area contributed by atoms with Crippen LogP contribution in [0.2, 0.25) is 0 Å². The van der Waals surface area contributed by atoms with Crippen LogP contribution in [0.15, 0.2) is 52.8 Å². The molecule has 0 aliphatic heterocycles. The third kappa shape index (κ3) is 3.26. The number of nitrogens with one attached hydrogen (secondary N) is 1. The summed E-state index contributed by atoms with van der Waals surface area (Å²) in [5, 5.41) is 13.2. The van der Waals surface area contributed by atoms with Crippen LogP contribution in [0, 0.1) is 0 Å². The minimum absolute atomic E-state index is 0.783. The molecule has 2 aromatic heterocycles. The van der Waals surface area contributed by atoms with Crippen LogP contribution in [-0.2, 0) is 13.1 Å². The molecular weight excluding hydrogens is 336 g/mol. The van der Waals surface area contributed by atoms with Gasteiger partial charge in [-0.25, -0.2) is 0 Å². The van der Waals surface area contributed by atoms with E-state index in [1.54, 1.807) is 24.0 Å². The van der Waals surface area contributed by atoms with Crippen molar-refractivity contribution in [1.29, 1.82) is 0 Å². The van der Waals surface area contributed by atoms with E-state index in [2.05, 4.69) is 67.2 Å². The van der Waals surface area contributed by atoms with E-state index in [0.717, 1.165) is 23.2 Å². The van der Waals surface area contributed by atoms with Crippen LogP contribution in [0.1, 0.15) is 10.4 Å². The molecule has 0 aliphatic rings. The summed E-state index contributed by atoms with van der Waals surface area (Å²) in [4.78, 5) is 1.30. The lowest BCUT2D eigenvalue weighted by molar-refractivity contribution is 0.794. The molecule has 0 unspecified atom stereocenters. The van der Waals surface area contributed by atoms with E-state index in [-0.39, 0.29) is 0 Å². The molecule has 1 aromatic carbocycles. The van der Waals surface area contributed by atoms with E-state index < -0.39 is 0 Å². The summed E-state index contributed by atoms with van der Waals surface area (Å²) in [5.41, 5.74) is 2.34. The van der Waals surface area contributed by atoms with Crippen LogP contribution in [0.5, 0.6) is 0 Å². The molecule has 1 N–H and O–H groups in total. The molecular formula is C14H13BrN4S. The predicted octanol–water partition coefficient (Wildman–Crippen LogP) is 3.76. The van der Waals surface area contributed by atoms with Gasteiger partial charge >= 0.3 is 0 Å². The first-order chi connectivity index (χ1) is 9.81. The Kier molecular flexibility index (Phi) is 4.13. The highest BCUT2D eigenvalue weighted by Crippen LogP contribution is 2.23. The smallest absolute Gasteiger partial charge is 0.119 e. The number of rotatable bonds is 5. The Labute approximate surface area is 129 Å². The molecule has 4 nitrogen and oxygen atoms in total. The standard InChI is InChI=1S/C14H13BrN4S/c15-13-4-5-20-14(13)7-16-12-3-1-2-11(6-12)8-19-9-17-18-10-19/h1-6,9-10,16H,7-8H2. The van der Waals surface area contributed by atoms with Crippen molar-refractivity contribution in [2.45, 2.75) is 13.1 Å². The largest absolute Gasteiger partial charge is 0.380 e. The Morgan fingerprint density at radius 3 is 2.80 bits per heavy atom. The molecule has 2 heterocycles. The number of anilines is 1. The number of aromatic nitrogens is 3. The SMILES string of the molecule is Brc1ccsc1CNc1cccc(Cn2cnnc2)c1. The molecule has 0 aliphatic carbocycles. The first kappa shape index (κ1) is 13.3. The lowest BCUT2D eigenvalue weighted by Crippen LogP contribution is -2.00. The highest BCUT2D eigenvalue weighted by atomic mass is 79.9. The second-order valence-electron chi connectivity index (χ2n) is 4.38. The Morgan fingerprint density at radius 2 is 2.05 bits per heavy atom. The van der Waals surface area contributed by atoms with Crippen LogP contribution in [0.3, 0.4) is 0 Å². The molecule has 0 amide bonds. The fraction of sp³-hybridized carbons (Fsp3) is 0.143. The van der Waals surface area contributed by atoms with E-state index in [9.17, 15) is 0 Å². The highest BCUT2D eigenvalue weighted by molar-refractivity contribution is 9.10. The summed E-state index contributed by atoms with van der Waals surface area (Å²) < 4.78 is 3.12. The molecule has 0 spiro atoms. The maximum atomic E-state index is 3.81. The number of thiophene rings is 1. The van der Waals surface area contributed by atoms with Crippen molar-refractivity contribution in [2.75, 3.05) is 5.32 Å². The number of hydrogen-bond donors (Lipinski definition) is 1. The molecule has 0 bridgehead atoms. The van der Waals surface area contributed by atoms with Gasteiger partial charge in [0.05, 0.1) is 13.1 Å². The van der Waals surface area contributed by atoms with Gasteiger partial charge in [-0.1, -0.05) is 12.1 Å². The quantitative estimate of drug-likeness (QED) is 0.763. The zero-order valence-corrected chi connectivity index (χ0v) is 13.1. The number of nitrogens with zero attached hydrogens (tertiary/aromatic N) is 3. The van der Waals surface area contributed by atoms with E-state index >= 15 is 0 Å². The van der Waals surface area contributed by atoms with Gasteiger partial charge in [-0.3, -0.25) is 0 Å². The highest BCUT2D eigenvalue weighted by Gasteiger charge is 2.02. The summed E-state index contributed by atoms with van der Waals surface area (Å²) >= 11 is 5.29. The van der Waals surface area contributed by atoms with Gasteiger partial charge in [0.1, 0.15) is 12.7 Å². The second-order valence-corrected chi connectivity index (χ2v) is 6.23. The van der Waals surface area contributed by atoms with E-state index in [4.69, 9.17) is 0 Å². The van der Waals surface area contributed by atoms with Gasteiger partial charge in [0, 0.05) is 15.0 Å². The van der Waals surface area contributed by atoms with Crippen molar-refractivity contribution >= 4 is 33.0 Å². The zero-order valence-electron chi connectivity index (χ0n) is 10.7. The number of benzene rings is 1. The molecule has 0 fully saturated rings. The molecule has 0 atom stereocenters. The summed E-state index contributed by atoms with van der Waals surface area (Å²) in [6, 6.07) is 10.5. The molecule has 0 saturated heterocycles. The third-order valence-corrected chi connectivity index (χ3v) is 4.83. The summed E-state index contributed by atoms with van der Waals surface area (Å²) in [6.45, 7) is 1.61. The van der Waals surface area contributed by atoms with E-state index in [1.165, 1.54) is 10.4 Å². The Hall–Kier alpha value is -1.66. The summed E-state index contributed by atoms with van der Waals surface area (Å²) in [7, 11) is 0. The average molecular weight is 349 g/mol. The number of hydrogen-bond acceptors (Lipinski definition) is 4. The van der Waals surface area contributed by atoms with Gasteiger partial charge in [-0.2, -0.15) is 0 Å². The van der Waals surface area contributed by atoms with Gasteiger partial charge in [0.15, 0.2) is 0 Å². The van der Waals surface area contributed by atoms with Crippen molar-refractivity contribution < 1.29 is 0 Å². The average Bonchev–Trinajstić information content (AvgIpc) is 3.09. The Balaban J connectivity index is 1.67. The van der Waals surface area contributed by atoms with Crippen LogP contribution < -0.4 is 5.32 Å². The number of halogens is 1. The fourth-order valence-electron chi connectivity index (χ4n) is 1.93. The van der Waals surface area contributed by atoms with Crippen molar-refractivity contribution in [1.82, 2.24) is 14.8 Å². The van der Waals surface area contributed by atoms with Crippen LogP contribution in [0.25, 0.3) is 0 Å². The van der Waals surface area contributed by atoms with Crippen molar-refractivity contribution in [3.63, 3.8) is 0 Å². The van der Waals surface area contributed by atoms with Gasteiger partial charge in [0.25, 0.3) is 0 Å². The zero-order chi connectivity index (χ0) is 13.8. The second kappa shape index (κ2) is 6.19. The predicted molar refractivity (Wildman–Crippen MR) is 84.9 cm³/mol.